The molecular weight excluding hydrogens is 810 g/mol. The Morgan fingerprint density at radius 2 is 1.02 bits per heavy atom. The maximum absolute atomic E-state index is 5.97. The van der Waals surface area contributed by atoms with Crippen molar-refractivity contribution in [2.45, 2.75) is 147 Å². The molecule has 12 heterocycles. The molecule has 22 rings (SSSR count). The fourth-order valence-electron chi connectivity index (χ4n) is 33.7. The van der Waals surface area contributed by atoms with Crippen LogP contribution in [-0.2, 0) is 11.7 Å². The van der Waals surface area contributed by atoms with Gasteiger partial charge >= 0.3 is 348 Å². The van der Waals surface area contributed by atoms with Gasteiger partial charge in [0, 0.05) is 0 Å². The van der Waals surface area contributed by atoms with Crippen molar-refractivity contribution in [3.63, 3.8) is 0 Å². The van der Waals surface area contributed by atoms with E-state index in [-0.39, 0.29) is 13.1 Å². The van der Waals surface area contributed by atoms with Gasteiger partial charge in [0.2, 0.25) is 0 Å². The molecule has 8 bridgehead atoms. The van der Waals surface area contributed by atoms with Crippen LogP contribution in [0.5, 0.6) is 0 Å². The summed E-state index contributed by atoms with van der Waals surface area (Å²) >= 11 is 0. The molecule has 10 saturated heterocycles. The zero-order valence-corrected chi connectivity index (χ0v) is 39.4. The molecule has 0 N–H and O–H groups in total. The third-order valence-electron chi connectivity index (χ3n) is 30.5. The van der Waals surface area contributed by atoms with E-state index in [9.17, 15) is 0 Å². The molecule has 2 nitrogen and oxygen atoms in total. The van der Waals surface area contributed by atoms with Crippen LogP contribution in [0.25, 0.3) is 21.8 Å². The van der Waals surface area contributed by atoms with E-state index >= 15 is 0 Å². The van der Waals surface area contributed by atoms with E-state index in [1.54, 1.807) is 70.4 Å². The van der Waals surface area contributed by atoms with Crippen molar-refractivity contribution >= 4 is 47.0 Å². The molecule has 8 saturated carbocycles. The van der Waals surface area contributed by atoms with Gasteiger partial charge in [0.15, 0.2) is 0 Å². The van der Waals surface area contributed by atoms with E-state index in [1.165, 1.54) is 62.1 Å². The Bertz CT molecular complexity index is 3020. The Hall–Kier alpha value is -1.14. The number of nitrogens with zero attached hydrogens (tertiary/aromatic N) is 2. The first kappa shape index (κ1) is 31.7. The van der Waals surface area contributed by atoms with Gasteiger partial charge in [-0.25, -0.2) is 0 Å². The molecule has 1 spiro atoms. The van der Waals surface area contributed by atoms with E-state index in [1.807, 2.05) is 0 Å². The second kappa shape index (κ2) is 6.08. The van der Waals surface area contributed by atoms with Gasteiger partial charge < -0.3 is 0 Å². The zero-order valence-electron chi connectivity index (χ0n) is 35.3. The van der Waals surface area contributed by atoms with Crippen LogP contribution in [0.1, 0.15) is 75.6 Å². The molecule has 8 aliphatic carbocycles. The van der Waals surface area contributed by atoms with Crippen molar-refractivity contribution in [1.82, 2.24) is 9.97 Å². The standard InChI is InChI=1S/C48H57N2P2Si.C5H5.Fe/c1-53(2,3)40-26-39(28-52(46-35-18-29-16-30(20-35)21-36(46)19-29)47-37-22-31-17-32(24-37)25-38(47)23-31)41(27-40)48(51,44-14-12-33-8-4-6-10-42(33)49-44)45-15-13-34-9-5-7-11-43(34)50-45;1-2-4-5-3-1;/h4-15,26-27,29-32,35-38,46-47H,16-25,28,51H2,1-3H3;1-5H;. The zero-order chi connectivity index (χ0) is 38.4. The molecule has 6 atom stereocenters. The van der Waals surface area contributed by atoms with Crippen LogP contribution in [0.15, 0.2) is 72.8 Å². The molecule has 18 fully saturated rings. The summed E-state index contributed by atoms with van der Waals surface area (Å²) in [6.07, 6.45) is 18.1. The van der Waals surface area contributed by atoms with E-state index in [2.05, 4.69) is 102 Å². The molecule has 0 radical (unpaired) electrons. The SMILES string of the molecule is C[Si](C)(C)[C]12[CH]3[C]4(CP(C5C6CC7CC(C6)CC5C7)C5C6CC7CC(C6)CC5C7)[C]5(C(P)(c6ccc7ccccc7n6)c6ccc7ccccc7n6)[CH]1[Fe]34521678[CH]2[CH]1[CH]6[CH]7[CH]28. The Morgan fingerprint density at radius 1 is 0.593 bits per heavy atom. The summed E-state index contributed by atoms with van der Waals surface area (Å²) in [5, 5.41) is 2.44. The van der Waals surface area contributed by atoms with Crippen molar-refractivity contribution in [3.8, 4) is 0 Å². The fraction of sp³-hybridized carbons (Fsp3) is 0.660. The Morgan fingerprint density at radius 3 is 1.42 bits per heavy atom. The van der Waals surface area contributed by atoms with E-state index in [0.29, 0.717) is 4.31 Å². The van der Waals surface area contributed by atoms with Crippen LogP contribution >= 0.6 is 17.2 Å². The maximum atomic E-state index is 5.97. The molecule has 6 heteroatoms. The quantitative estimate of drug-likeness (QED) is 0.130. The molecule has 0 amide bonds. The van der Waals surface area contributed by atoms with Gasteiger partial charge in [-0.2, -0.15) is 0 Å². The van der Waals surface area contributed by atoms with Gasteiger partial charge in [-0.15, -0.1) is 0 Å². The van der Waals surface area contributed by atoms with Crippen LogP contribution in [0.4, 0.5) is 0 Å². The Balaban J connectivity index is 0.883. The van der Waals surface area contributed by atoms with Gasteiger partial charge in [0.1, 0.15) is 0 Å². The van der Waals surface area contributed by atoms with Crippen molar-refractivity contribution in [2.75, 3.05) is 6.16 Å². The number of aromatic nitrogens is 2. The molecule has 2 aromatic heterocycles. The molecule has 6 unspecified atom stereocenters. The predicted molar refractivity (Wildman–Crippen MR) is 245 cm³/mol. The molecule has 59 heavy (non-hydrogen) atoms. The number of para-hydroxylation sites is 2. The van der Waals surface area contributed by atoms with Crippen molar-refractivity contribution in [3.05, 3.63) is 84.2 Å². The van der Waals surface area contributed by atoms with Gasteiger partial charge in [-0.3, -0.25) is 0 Å². The van der Waals surface area contributed by atoms with Crippen molar-refractivity contribution < 1.29 is 6.51 Å². The van der Waals surface area contributed by atoms with Crippen LogP contribution < -0.4 is 0 Å². The summed E-state index contributed by atoms with van der Waals surface area (Å²) in [7, 11) is 2.43. The normalized spacial score (nSPS) is 65.2. The number of hydrogen-bond acceptors (Lipinski definition) is 2. The van der Waals surface area contributed by atoms with Crippen molar-refractivity contribution in [1.29, 1.82) is 0 Å². The monoisotopic (exact) mass is 872 g/mol. The number of pyridine rings is 2. The van der Waals surface area contributed by atoms with Crippen LogP contribution in [0, 0.1) is 47.3 Å². The summed E-state index contributed by atoms with van der Waals surface area (Å²) < 4.78 is 2.10. The predicted octanol–water partition coefficient (Wildman–Crippen LogP) is 14.4. The Kier molecular flexibility index (Phi) is 3.26. The van der Waals surface area contributed by atoms with Crippen LogP contribution in [0.3, 0.4) is 0 Å². The van der Waals surface area contributed by atoms with Gasteiger partial charge in [-0.1, -0.05) is 0 Å². The van der Waals surface area contributed by atoms with Gasteiger partial charge in [0.05, 0.1) is 0 Å². The summed E-state index contributed by atoms with van der Waals surface area (Å²) in [4.78, 5) is 20.5. The number of rotatable bonds is 8. The summed E-state index contributed by atoms with van der Waals surface area (Å²) in [6.45, 7) is 4.43. The number of fused-ring (bicyclic) bond motifs is 12. The summed E-state index contributed by atoms with van der Waals surface area (Å²) in [5.74, 6) is 8.74. The number of benzene rings is 2. The molecule has 10 aliphatic heterocycles. The van der Waals surface area contributed by atoms with E-state index < -0.39 is 14.6 Å². The molecular formula is C53H62FeN2P2Si. The van der Waals surface area contributed by atoms with E-state index in [0.717, 1.165) is 71.7 Å². The average molecular weight is 873 g/mol. The first-order chi connectivity index (χ1) is 28.4. The van der Waals surface area contributed by atoms with Crippen LogP contribution in [-0.4, -0.2) is 35.5 Å². The first-order valence-electron chi connectivity index (χ1n) is 24.9. The number of hydrogen-bond donors (Lipinski definition) is 0. The molecule has 2 aromatic carbocycles. The van der Waals surface area contributed by atoms with E-state index in [4.69, 9.17) is 9.97 Å². The molecule has 306 valence electrons. The van der Waals surface area contributed by atoms with Crippen molar-refractivity contribution in [2.24, 2.45) is 47.3 Å². The Labute approximate surface area is 345 Å². The topological polar surface area (TPSA) is 25.8 Å². The molecule has 18 aliphatic rings. The van der Waals surface area contributed by atoms with Gasteiger partial charge in [-0.05, 0) is 0 Å². The first-order valence-corrected chi connectivity index (χ1v) is 36.7. The third kappa shape index (κ3) is 1.20. The summed E-state index contributed by atoms with van der Waals surface area (Å²) in [6, 6.07) is 28.3. The minimum atomic E-state index is -4.45. The minimum absolute atomic E-state index is 0.00223. The van der Waals surface area contributed by atoms with Crippen LogP contribution in [0.2, 0.25) is 65.9 Å². The fourth-order valence-corrected chi connectivity index (χ4v) is 151. The second-order valence-corrected chi connectivity index (χ2v) is 60.5. The van der Waals surface area contributed by atoms with Gasteiger partial charge in [0.25, 0.3) is 0 Å². The third-order valence-corrected chi connectivity index (χ3v) is 89.4. The average Bonchev–Trinajstić information content (AvgIpc) is 4.17. The molecule has 4 aromatic rings. The second-order valence-electron chi connectivity index (χ2n) is 28.4. The summed E-state index contributed by atoms with van der Waals surface area (Å²) in [5.41, 5.74) is 7.49.